The van der Waals surface area contributed by atoms with Crippen molar-refractivity contribution in [2.75, 3.05) is 26.2 Å². The standard InChI is InChI=1S/C15H23BrN2O.2ClH/c1-3-11(2)15(18-8-6-17-7-9-18)13-5-4-12(16)10-14(13)19;;/h4-5,10-11,15,17,19H,3,6-9H2,1-2H3;2*1H/t11?,15-;;/m0../s1. The van der Waals surface area contributed by atoms with Crippen molar-refractivity contribution >= 4 is 40.7 Å². The van der Waals surface area contributed by atoms with Crippen molar-refractivity contribution in [3.63, 3.8) is 0 Å². The van der Waals surface area contributed by atoms with Crippen LogP contribution in [0.2, 0.25) is 0 Å². The molecule has 1 unspecified atom stereocenters. The highest BCUT2D eigenvalue weighted by atomic mass is 79.9. The predicted octanol–water partition coefficient (Wildman–Crippen LogP) is 3.99. The van der Waals surface area contributed by atoms with E-state index in [4.69, 9.17) is 0 Å². The summed E-state index contributed by atoms with van der Waals surface area (Å²) in [7, 11) is 0. The number of benzene rings is 1. The maximum Gasteiger partial charge on any atom is 0.121 e. The Morgan fingerprint density at radius 3 is 2.43 bits per heavy atom. The summed E-state index contributed by atoms with van der Waals surface area (Å²) in [5, 5.41) is 13.7. The minimum atomic E-state index is 0. The molecule has 2 atom stereocenters. The van der Waals surface area contributed by atoms with Crippen molar-refractivity contribution in [3.8, 4) is 5.75 Å². The van der Waals surface area contributed by atoms with Crippen LogP contribution >= 0.6 is 40.7 Å². The second kappa shape index (κ2) is 9.90. The van der Waals surface area contributed by atoms with E-state index in [-0.39, 0.29) is 24.8 Å². The van der Waals surface area contributed by atoms with Crippen LogP contribution < -0.4 is 5.32 Å². The molecule has 0 bridgehead atoms. The number of aromatic hydroxyl groups is 1. The van der Waals surface area contributed by atoms with E-state index in [1.807, 2.05) is 6.07 Å². The molecule has 3 nitrogen and oxygen atoms in total. The van der Waals surface area contributed by atoms with Crippen molar-refractivity contribution in [1.82, 2.24) is 10.2 Å². The predicted molar refractivity (Wildman–Crippen MR) is 96.9 cm³/mol. The van der Waals surface area contributed by atoms with Crippen LogP contribution in [-0.2, 0) is 0 Å². The zero-order chi connectivity index (χ0) is 13.8. The van der Waals surface area contributed by atoms with E-state index in [0.717, 1.165) is 42.6 Å². The van der Waals surface area contributed by atoms with E-state index in [2.05, 4.69) is 46.1 Å². The molecule has 0 saturated carbocycles. The van der Waals surface area contributed by atoms with Gasteiger partial charge in [-0.05, 0) is 18.1 Å². The molecule has 1 fully saturated rings. The summed E-state index contributed by atoms with van der Waals surface area (Å²) in [6.45, 7) is 8.65. The highest BCUT2D eigenvalue weighted by Crippen LogP contribution is 2.37. The Balaban J connectivity index is 0.00000200. The highest BCUT2D eigenvalue weighted by molar-refractivity contribution is 9.10. The third-order valence-corrected chi connectivity index (χ3v) is 4.53. The van der Waals surface area contributed by atoms with Crippen molar-refractivity contribution in [2.24, 2.45) is 5.92 Å². The Morgan fingerprint density at radius 1 is 1.29 bits per heavy atom. The first-order chi connectivity index (χ1) is 9.13. The van der Waals surface area contributed by atoms with E-state index in [1.165, 1.54) is 0 Å². The fourth-order valence-electron chi connectivity index (χ4n) is 2.81. The van der Waals surface area contributed by atoms with Crippen molar-refractivity contribution < 1.29 is 5.11 Å². The van der Waals surface area contributed by atoms with Gasteiger partial charge in [-0.2, -0.15) is 0 Å². The zero-order valence-electron chi connectivity index (χ0n) is 12.5. The Kier molecular flexibility index (Phi) is 9.90. The number of rotatable bonds is 4. The van der Waals surface area contributed by atoms with Crippen LogP contribution in [-0.4, -0.2) is 36.2 Å². The topological polar surface area (TPSA) is 35.5 Å². The van der Waals surface area contributed by atoms with Gasteiger partial charge in [0.15, 0.2) is 0 Å². The summed E-state index contributed by atoms with van der Waals surface area (Å²) in [4.78, 5) is 2.49. The fourth-order valence-corrected chi connectivity index (χ4v) is 3.16. The van der Waals surface area contributed by atoms with Gasteiger partial charge in [0.2, 0.25) is 0 Å². The Labute approximate surface area is 148 Å². The summed E-state index contributed by atoms with van der Waals surface area (Å²) in [5.74, 6) is 0.934. The third kappa shape index (κ3) is 5.29. The first-order valence-electron chi connectivity index (χ1n) is 7.06. The molecule has 21 heavy (non-hydrogen) atoms. The lowest BCUT2D eigenvalue weighted by Crippen LogP contribution is -2.46. The summed E-state index contributed by atoms with van der Waals surface area (Å²) in [5.41, 5.74) is 1.06. The molecule has 0 aliphatic carbocycles. The summed E-state index contributed by atoms with van der Waals surface area (Å²) in [6, 6.07) is 6.18. The number of hydrogen-bond donors (Lipinski definition) is 2. The molecule has 1 aliphatic rings. The molecule has 1 saturated heterocycles. The zero-order valence-corrected chi connectivity index (χ0v) is 15.7. The molecular formula is C15H25BrCl2N2O. The van der Waals surface area contributed by atoms with Crippen LogP contribution in [0.1, 0.15) is 31.9 Å². The molecule has 2 N–H and O–H groups in total. The number of nitrogens with one attached hydrogen (secondary N) is 1. The number of hydrogen-bond acceptors (Lipinski definition) is 3. The van der Waals surface area contributed by atoms with Crippen LogP contribution in [0.4, 0.5) is 0 Å². The molecule has 0 spiro atoms. The number of nitrogens with zero attached hydrogens (tertiary/aromatic N) is 1. The van der Waals surface area contributed by atoms with Gasteiger partial charge in [-0.3, -0.25) is 4.90 Å². The van der Waals surface area contributed by atoms with Crippen LogP contribution in [0.15, 0.2) is 22.7 Å². The summed E-state index contributed by atoms with van der Waals surface area (Å²) in [6.07, 6.45) is 1.12. The number of phenols is 1. The van der Waals surface area contributed by atoms with E-state index in [1.54, 1.807) is 6.07 Å². The molecule has 6 heteroatoms. The SMILES string of the molecule is CCC(C)[C@@H](c1ccc(Br)cc1O)N1CCNCC1.Cl.Cl. The molecule has 2 rings (SSSR count). The quantitative estimate of drug-likeness (QED) is 0.803. The van der Waals surface area contributed by atoms with E-state index in [9.17, 15) is 5.11 Å². The van der Waals surface area contributed by atoms with Crippen molar-refractivity contribution in [2.45, 2.75) is 26.3 Å². The van der Waals surface area contributed by atoms with Gasteiger partial charge >= 0.3 is 0 Å². The maximum absolute atomic E-state index is 10.3. The Bertz CT molecular complexity index is 428. The largest absolute Gasteiger partial charge is 0.508 e. The van der Waals surface area contributed by atoms with Gasteiger partial charge in [0.25, 0.3) is 0 Å². The van der Waals surface area contributed by atoms with E-state index in [0.29, 0.717) is 17.7 Å². The lowest BCUT2D eigenvalue weighted by Gasteiger charge is -2.38. The monoisotopic (exact) mass is 398 g/mol. The molecular weight excluding hydrogens is 375 g/mol. The van der Waals surface area contributed by atoms with Crippen LogP contribution in [0.25, 0.3) is 0 Å². The number of halogens is 3. The average molecular weight is 400 g/mol. The Morgan fingerprint density at radius 2 is 1.90 bits per heavy atom. The first-order valence-corrected chi connectivity index (χ1v) is 7.86. The highest BCUT2D eigenvalue weighted by Gasteiger charge is 2.28. The first kappa shape index (κ1) is 21.0. The summed E-state index contributed by atoms with van der Waals surface area (Å²) < 4.78 is 0.928. The molecule has 0 amide bonds. The molecule has 0 radical (unpaired) electrons. The van der Waals surface area contributed by atoms with Crippen LogP contribution in [0, 0.1) is 5.92 Å². The Hall–Kier alpha value is -0.000000000000000111. The summed E-state index contributed by atoms with van der Waals surface area (Å²) >= 11 is 3.41. The van der Waals surface area contributed by atoms with Crippen LogP contribution in [0.3, 0.4) is 0 Å². The maximum atomic E-state index is 10.3. The second-order valence-corrected chi connectivity index (χ2v) is 6.24. The van der Waals surface area contributed by atoms with Gasteiger partial charge in [-0.25, -0.2) is 0 Å². The van der Waals surface area contributed by atoms with Gasteiger partial charge in [0.1, 0.15) is 5.75 Å². The van der Waals surface area contributed by atoms with Gasteiger partial charge in [0, 0.05) is 42.3 Å². The van der Waals surface area contributed by atoms with E-state index < -0.39 is 0 Å². The number of phenolic OH excluding ortho intramolecular Hbond substituents is 1. The lowest BCUT2D eigenvalue weighted by atomic mass is 9.90. The normalized spacial score (nSPS) is 18.2. The lowest BCUT2D eigenvalue weighted by molar-refractivity contribution is 0.126. The van der Waals surface area contributed by atoms with Gasteiger partial charge in [-0.1, -0.05) is 42.3 Å². The fraction of sp³-hybridized carbons (Fsp3) is 0.600. The minimum Gasteiger partial charge on any atom is -0.508 e. The number of piperazine rings is 1. The molecule has 122 valence electrons. The van der Waals surface area contributed by atoms with Crippen molar-refractivity contribution in [1.29, 1.82) is 0 Å². The van der Waals surface area contributed by atoms with E-state index >= 15 is 0 Å². The molecule has 1 heterocycles. The smallest absolute Gasteiger partial charge is 0.121 e. The molecule has 0 aromatic heterocycles. The van der Waals surface area contributed by atoms with Gasteiger partial charge in [0.05, 0.1) is 0 Å². The van der Waals surface area contributed by atoms with Crippen LogP contribution in [0.5, 0.6) is 5.75 Å². The average Bonchev–Trinajstić information content (AvgIpc) is 2.42. The minimum absolute atomic E-state index is 0. The molecule has 1 aromatic carbocycles. The third-order valence-electron chi connectivity index (χ3n) is 4.04. The van der Waals surface area contributed by atoms with Gasteiger partial charge < -0.3 is 10.4 Å². The van der Waals surface area contributed by atoms with Gasteiger partial charge in [-0.15, -0.1) is 24.8 Å². The molecule has 1 aliphatic heterocycles. The van der Waals surface area contributed by atoms with Crippen molar-refractivity contribution in [3.05, 3.63) is 28.2 Å². The molecule has 1 aromatic rings. The second-order valence-electron chi connectivity index (χ2n) is 5.32.